The Kier molecular flexibility index (Phi) is 4.85. The topological polar surface area (TPSA) is 88.5 Å². The number of aryl methyl sites for hydroxylation is 1. The van der Waals surface area contributed by atoms with Crippen LogP contribution in [-0.4, -0.2) is 52.4 Å². The molecule has 0 aliphatic carbocycles. The molecule has 1 saturated heterocycles. The maximum atomic E-state index is 12.5. The van der Waals surface area contributed by atoms with Gasteiger partial charge in [-0.05, 0) is 24.3 Å². The zero-order chi connectivity index (χ0) is 18.2. The lowest BCUT2D eigenvalue weighted by Crippen LogP contribution is -2.43. The van der Waals surface area contributed by atoms with E-state index in [1.165, 1.54) is 11.0 Å². The summed E-state index contributed by atoms with van der Waals surface area (Å²) in [7, 11) is -1.38. The largest absolute Gasteiger partial charge is 0.351 e. The second-order valence-corrected chi connectivity index (χ2v) is 9.25. The highest BCUT2D eigenvalue weighted by molar-refractivity contribution is 8.26. The summed E-state index contributed by atoms with van der Waals surface area (Å²) >= 11 is 6.33. The lowest BCUT2D eigenvalue weighted by molar-refractivity contribution is -0.128. The van der Waals surface area contributed by atoms with E-state index in [0.717, 1.165) is 22.9 Å². The molecule has 2 aliphatic rings. The summed E-state index contributed by atoms with van der Waals surface area (Å²) in [6, 6.07) is 3.16. The molecule has 7 nitrogen and oxygen atoms in total. The third-order valence-electron chi connectivity index (χ3n) is 3.71. The number of amides is 2. The number of thioether (sulfide) groups is 1. The monoisotopic (exact) mass is 397 g/mol. The average molecular weight is 398 g/mol. The molecule has 0 saturated carbocycles. The molecule has 2 amide bonds. The van der Waals surface area contributed by atoms with Crippen molar-refractivity contribution < 1.29 is 18.0 Å². The number of hydrogen-bond donors (Lipinski definition) is 1. The predicted molar refractivity (Wildman–Crippen MR) is 100 cm³/mol. The fraction of sp³-hybridized carbons (Fsp3) is 0.267. The van der Waals surface area contributed by atoms with Gasteiger partial charge < -0.3 is 9.88 Å². The van der Waals surface area contributed by atoms with Gasteiger partial charge in [0.2, 0.25) is 5.91 Å². The van der Waals surface area contributed by atoms with Crippen molar-refractivity contribution in [2.45, 2.75) is 6.04 Å². The molecule has 1 atom stereocenters. The van der Waals surface area contributed by atoms with Crippen LogP contribution < -0.4 is 5.32 Å². The van der Waals surface area contributed by atoms with E-state index >= 15 is 0 Å². The van der Waals surface area contributed by atoms with Gasteiger partial charge in [-0.1, -0.05) is 24.0 Å². The smallest absolute Gasteiger partial charge is 0.266 e. The van der Waals surface area contributed by atoms with Gasteiger partial charge in [0.1, 0.15) is 10.9 Å². The predicted octanol–water partition coefficient (Wildman–Crippen LogP) is 0.653. The van der Waals surface area contributed by atoms with Crippen molar-refractivity contribution in [3.8, 4) is 0 Å². The highest BCUT2D eigenvalue weighted by atomic mass is 32.2. The van der Waals surface area contributed by atoms with Crippen LogP contribution in [0.5, 0.6) is 0 Å². The Morgan fingerprint density at radius 3 is 2.88 bits per heavy atom. The van der Waals surface area contributed by atoms with E-state index in [0.29, 0.717) is 9.23 Å². The van der Waals surface area contributed by atoms with Crippen molar-refractivity contribution >= 4 is 56.0 Å². The Labute approximate surface area is 154 Å². The van der Waals surface area contributed by atoms with Gasteiger partial charge in [-0.25, -0.2) is 8.42 Å². The molecule has 1 fully saturated rings. The second kappa shape index (κ2) is 6.77. The first-order valence-corrected chi connectivity index (χ1v) is 10.3. The zero-order valence-electron chi connectivity index (χ0n) is 13.2. The van der Waals surface area contributed by atoms with E-state index in [-0.39, 0.29) is 18.2 Å². The summed E-state index contributed by atoms with van der Waals surface area (Å²) in [5, 5.41) is 3.66. The molecule has 2 aliphatic heterocycles. The highest BCUT2D eigenvalue weighted by Gasteiger charge is 2.34. The quantitative estimate of drug-likeness (QED) is 0.593. The molecular formula is C15H15N3O4S3. The molecule has 1 unspecified atom stereocenters. The van der Waals surface area contributed by atoms with Crippen LogP contribution in [0.15, 0.2) is 34.7 Å². The number of carbonyl (C=O) groups is 2. The normalized spacial score (nSPS) is 23.6. The number of aromatic nitrogens is 1. The summed E-state index contributed by atoms with van der Waals surface area (Å²) in [5.41, 5.74) is 0.853. The molecule has 1 aromatic heterocycles. The van der Waals surface area contributed by atoms with Crippen LogP contribution in [-0.2, 0) is 26.5 Å². The number of carbonyl (C=O) groups excluding carboxylic acids is 2. The molecule has 0 aromatic carbocycles. The summed E-state index contributed by atoms with van der Waals surface area (Å²) in [5.74, 6) is -0.950. The Morgan fingerprint density at radius 2 is 2.28 bits per heavy atom. The van der Waals surface area contributed by atoms with Gasteiger partial charge in [-0.3, -0.25) is 14.5 Å². The molecule has 0 spiro atoms. The van der Waals surface area contributed by atoms with Gasteiger partial charge >= 0.3 is 0 Å². The van der Waals surface area contributed by atoms with Crippen molar-refractivity contribution in [1.82, 2.24) is 14.8 Å². The average Bonchev–Trinajstić information content (AvgIpc) is 3.15. The summed E-state index contributed by atoms with van der Waals surface area (Å²) in [4.78, 5) is 26.3. The minimum absolute atomic E-state index is 0.162. The number of hydrogen-bond acceptors (Lipinski definition) is 6. The van der Waals surface area contributed by atoms with Crippen molar-refractivity contribution in [3.63, 3.8) is 0 Å². The van der Waals surface area contributed by atoms with Gasteiger partial charge in [0.05, 0.1) is 16.7 Å². The van der Waals surface area contributed by atoms with Crippen molar-refractivity contribution in [1.29, 1.82) is 0 Å². The molecular weight excluding hydrogens is 382 g/mol. The summed E-state index contributed by atoms with van der Waals surface area (Å²) in [6.07, 6.45) is 5.01. The van der Waals surface area contributed by atoms with Crippen LogP contribution in [0.4, 0.5) is 0 Å². The van der Waals surface area contributed by atoms with Crippen LogP contribution >= 0.6 is 24.0 Å². The fourth-order valence-corrected chi connectivity index (χ4v) is 4.93. The van der Waals surface area contributed by atoms with Crippen LogP contribution in [0, 0.1) is 0 Å². The number of thiocarbonyl (C=S) groups is 1. The third-order valence-corrected chi connectivity index (χ3v) is 6.49. The Morgan fingerprint density at radius 1 is 1.52 bits per heavy atom. The Bertz CT molecular complexity index is 914. The number of rotatable bonds is 4. The van der Waals surface area contributed by atoms with E-state index in [4.69, 9.17) is 12.2 Å². The SMILES string of the molecule is Cn1cccc1C=C1SC(=S)N(CC(=O)NC2C=CS(=O)(=O)C2)C1=O. The van der Waals surface area contributed by atoms with Gasteiger partial charge in [-0.15, -0.1) is 0 Å². The van der Waals surface area contributed by atoms with Crippen molar-refractivity contribution in [3.05, 3.63) is 40.4 Å². The molecule has 10 heteroatoms. The van der Waals surface area contributed by atoms with Gasteiger partial charge in [-0.2, -0.15) is 0 Å². The first kappa shape index (κ1) is 17.9. The van der Waals surface area contributed by atoms with E-state index in [1.54, 1.807) is 6.08 Å². The van der Waals surface area contributed by atoms with Crippen LogP contribution in [0.2, 0.25) is 0 Å². The summed E-state index contributed by atoms with van der Waals surface area (Å²) < 4.78 is 24.9. The molecule has 132 valence electrons. The summed E-state index contributed by atoms with van der Waals surface area (Å²) in [6.45, 7) is -0.237. The second-order valence-electron chi connectivity index (χ2n) is 5.64. The minimum Gasteiger partial charge on any atom is -0.351 e. The highest BCUT2D eigenvalue weighted by Crippen LogP contribution is 2.32. The van der Waals surface area contributed by atoms with E-state index in [1.807, 2.05) is 29.9 Å². The van der Waals surface area contributed by atoms with E-state index < -0.39 is 21.8 Å². The van der Waals surface area contributed by atoms with E-state index in [2.05, 4.69) is 5.32 Å². The number of nitrogens with zero attached hydrogens (tertiary/aromatic N) is 2. The van der Waals surface area contributed by atoms with Crippen LogP contribution in [0.1, 0.15) is 5.69 Å². The zero-order valence-corrected chi connectivity index (χ0v) is 15.7. The minimum atomic E-state index is -3.25. The molecule has 3 heterocycles. The van der Waals surface area contributed by atoms with Crippen molar-refractivity contribution in [2.24, 2.45) is 7.05 Å². The van der Waals surface area contributed by atoms with Gasteiger partial charge in [0, 0.05) is 24.3 Å². The Balaban J connectivity index is 1.65. The molecule has 25 heavy (non-hydrogen) atoms. The standard InChI is InChI=1S/C15H15N3O4S3/c1-17-5-2-3-11(17)7-12-14(20)18(15(23)24-12)8-13(19)16-10-4-6-25(21,22)9-10/h2-7,10H,8-9H2,1H3,(H,16,19). The molecule has 3 rings (SSSR count). The van der Waals surface area contributed by atoms with E-state index in [9.17, 15) is 18.0 Å². The number of sulfone groups is 1. The van der Waals surface area contributed by atoms with Crippen LogP contribution in [0.25, 0.3) is 6.08 Å². The number of nitrogens with one attached hydrogen (secondary N) is 1. The fourth-order valence-electron chi connectivity index (χ4n) is 2.46. The third kappa shape index (κ3) is 4.02. The maximum absolute atomic E-state index is 12.5. The lowest BCUT2D eigenvalue weighted by Gasteiger charge is -2.16. The lowest BCUT2D eigenvalue weighted by atomic mass is 10.3. The van der Waals surface area contributed by atoms with Crippen LogP contribution in [0.3, 0.4) is 0 Å². The first-order chi connectivity index (χ1) is 11.7. The van der Waals surface area contributed by atoms with Crippen molar-refractivity contribution in [2.75, 3.05) is 12.3 Å². The molecule has 0 radical (unpaired) electrons. The maximum Gasteiger partial charge on any atom is 0.266 e. The van der Waals surface area contributed by atoms with Gasteiger partial charge in [0.25, 0.3) is 5.91 Å². The molecule has 0 bridgehead atoms. The van der Waals surface area contributed by atoms with Gasteiger partial charge in [0.15, 0.2) is 9.84 Å². The molecule has 1 N–H and O–H groups in total. The molecule has 1 aromatic rings. The first-order valence-electron chi connectivity index (χ1n) is 7.32. The Hall–Kier alpha value is -1.91.